The molecule has 0 fully saturated rings. The summed E-state index contributed by atoms with van der Waals surface area (Å²) in [4.78, 5) is 4.37. The van der Waals surface area contributed by atoms with Crippen LogP contribution in [0.25, 0.3) is 0 Å². The quantitative estimate of drug-likeness (QED) is 0.694. The van der Waals surface area contributed by atoms with Crippen molar-refractivity contribution < 1.29 is 8.42 Å². The van der Waals surface area contributed by atoms with Crippen LogP contribution in [-0.2, 0) is 9.84 Å². The van der Waals surface area contributed by atoms with Crippen molar-refractivity contribution >= 4 is 43.6 Å². The zero-order valence-electron chi connectivity index (χ0n) is 13.1. The number of thiazole rings is 1. The number of hydrogen-bond acceptors (Lipinski definition) is 5. The number of hydrogen-bond donors (Lipinski definition) is 1. The second-order valence-electron chi connectivity index (χ2n) is 5.41. The van der Waals surface area contributed by atoms with Gasteiger partial charge in [0.15, 0.2) is 10.2 Å². The van der Waals surface area contributed by atoms with Gasteiger partial charge in [-0.25, -0.2) is 13.4 Å². The van der Waals surface area contributed by atoms with Crippen molar-refractivity contribution in [3.63, 3.8) is 0 Å². The van der Waals surface area contributed by atoms with Crippen molar-refractivity contribution in [1.82, 2.24) is 4.98 Å². The minimum absolute atomic E-state index is 0.118. The zero-order chi connectivity index (χ0) is 17.3. The van der Waals surface area contributed by atoms with Crippen LogP contribution in [0.5, 0.6) is 0 Å². The van der Waals surface area contributed by atoms with Crippen molar-refractivity contribution in [2.75, 3.05) is 5.32 Å². The lowest BCUT2D eigenvalue weighted by molar-refractivity contribution is 0.593. The van der Waals surface area contributed by atoms with Gasteiger partial charge in [0.25, 0.3) is 0 Å². The molecule has 4 nitrogen and oxygen atoms in total. The molecule has 1 heterocycles. The fourth-order valence-corrected chi connectivity index (χ4v) is 4.92. The lowest BCUT2D eigenvalue weighted by Crippen LogP contribution is -2.03. The summed E-state index contributed by atoms with van der Waals surface area (Å²) >= 11 is 7.24. The summed E-state index contributed by atoms with van der Waals surface area (Å²) in [5, 5.41) is 3.40. The summed E-state index contributed by atoms with van der Waals surface area (Å²) in [7, 11) is -3.74. The van der Waals surface area contributed by atoms with Crippen molar-refractivity contribution in [2.45, 2.75) is 23.8 Å². The molecular weight excluding hydrogens is 364 g/mol. The fourth-order valence-electron chi connectivity index (χ4n) is 2.10. The molecule has 1 N–H and O–H groups in total. The zero-order valence-corrected chi connectivity index (χ0v) is 15.5. The molecule has 0 radical (unpaired) electrons. The Hall–Kier alpha value is -1.89. The van der Waals surface area contributed by atoms with Gasteiger partial charge >= 0.3 is 0 Å². The summed E-state index contributed by atoms with van der Waals surface area (Å²) in [6, 6.07) is 14.3. The van der Waals surface area contributed by atoms with E-state index in [1.54, 1.807) is 24.3 Å². The maximum absolute atomic E-state index is 12.7. The molecule has 3 rings (SSSR count). The molecule has 124 valence electrons. The second-order valence-corrected chi connectivity index (χ2v) is 8.87. The molecule has 7 heteroatoms. The number of benzene rings is 2. The van der Waals surface area contributed by atoms with E-state index in [1.165, 1.54) is 0 Å². The third-order valence-electron chi connectivity index (χ3n) is 3.45. The molecule has 3 aromatic rings. The summed E-state index contributed by atoms with van der Waals surface area (Å²) in [5.41, 5.74) is 2.95. The highest BCUT2D eigenvalue weighted by Gasteiger charge is 2.25. The molecule has 0 aliphatic rings. The Morgan fingerprint density at radius 2 is 1.50 bits per heavy atom. The predicted molar refractivity (Wildman–Crippen MR) is 98.2 cm³/mol. The first-order valence-electron chi connectivity index (χ1n) is 7.18. The molecule has 0 amide bonds. The van der Waals surface area contributed by atoms with Crippen LogP contribution in [-0.4, -0.2) is 13.4 Å². The molecule has 1 aromatic heterocycles. The van der Waals surface area contributed by atoms with E-state index in [4.69, 9.17) is 11.6 Å². The maximum Gasteiger partial charge on any atom is 0.226 e. The van der Waals surface area contributed by atoms with Crippen LogP contribution in [0.2, 0.25) is 4.34 Å². The van der Waals surface area contributed by atoms with Gasteiger partial charge in [0.05, 0.1) is 4.90 Å². The minimum atomic E-state index is -3.74. The van der Waals surface area contributed by atoms with Gasteiger partial charge in [0, 0.05) is 5.69 Å². The molecule has 0 spiro atoms. The van der Waals surface area contributed by atoms with Crippen molar-refractivity contribution in [3.8, 4) is 0 Å². The highest BCUT2D eigenvalue weighted by atomic mass is 35.5. The van der Waals surface area contributed by atoms with Crippen molar-refractivity contribution in [3.05, 3.63) is 64.0 Å². The lowest BCUT2D eigenvalue weighted by atomic mass is 10.2. The van der Waals surface area contributed by atoms with Gasteiger partial charge < -0.3 is 5.32 Å². The standard InChI is InChI=1S/C17H15ClN2O2S2/c1-11-3-7-13(8-4-11)19-17-20-16(15(18)23-17)24(21,22)14-9-5-12(2)6-10-14/h3-10H,1-2H3,(H,19,20). The van der Waals surface area contributed by atoms with Crippen molar-refractivity contribution in [1.29, 1.82) is 0 Å². The third-order valence-corrected chi connectivity index (χ3v) is 6.55. The Labute approximate surface area is 150 Å². The Kier molecular flexibility index (Phi) is 4.62. The molecule has 0 aliphatic carbocycles. The van der Waals surface area contributed by atoms with Gasteiger partial charge in [-0.15, -0.1) is 0 Å². The van der Waals surface area contributed by atoms with Gasteiger partial charge in [-0.3, -0.25) is 0 Å². The van der Waals surface area contributed by atoms with Crippen LogP contribution in [0.15, 0.2) is 58.5 Å². The van der Waals surface area contributed by atoms with Crippen LogP contribution in [0.4, 0.5) is 10.8 Å². The molecule has 0 atom stereocenters. The Balaban J connectivity index is 1.93. The highest BCUT2D eigenvalue weighted by Crippen LogP contribution is 2.35. The molecule has 0 saturated heterocycles. The van der Waals surface area contributed by atoms with E-state index in [0.717, 1.165) is 28.2 Å². The average molecular weight is 379 g/mol. The summed E-state index contributed by atoms with van der Waals surface area (Å²) in [5.74, 6) is 0. The number of nitrogens with one attached hydrogen (secondary N) is 1. The maximum atomic E-state index is 12.7. The van der Waals surface area contributed by atoms with E-state index < -0.39 is 9.84 Å². The van der Waals surface area contributed by atoms with Gasteiger partial charge in [-0.2, -0.15) is 0 Å². The third kappa shape index (κ3) is 3.45. The van der Waals surface area contributed by atoms with Gasteiger partial charge in [-0.1, -0.05) is 58.3 Å². The molecule has 0 unspecified atom stereocenters. The summed E-state index contributed by atoms with van der Waals surface area (Å²) < 4.78 is 25.6. The molecule has 0 bridgehead atoms. The SMILES string of the molecule is Cc1ccc(Nc2nc(S(=O)(=O)c3ccc(C)cc3)c(Cl)s2)cc1. The number of halogens is 1. The van der Waals surface area contributed by atoms with Crippen molar-refractivity contribution in [2.24, 2.45) is 0 Å². The molecule has 0 saturated carbocycles. The van der Waals surface area contributed by atoms with Crippen LogP contribution < -0.4 is 5.32 Å². The van der Waals surface area contributed by atoms with Crippen LogP contribution >= 0.6 is 22.9 Å². The normalized spacial score (nSPS) is 11.5. The first-order chi connectivity index (χ1) is 11.4. The number of sulfone groups is 1. The van der Waals surface area contributed by atoms with Gasteiger partial charge in [-0.05, 0) is 38.1 Å². The van der Waals surface area contributed by atoms with Crippen LogP contribution in [0, 0.1) is 13.8 Å². The minimum Gasteiger partial charge on any atom is -0.331 e. The number of anilines is 2. The average Bonchev–Trinajstić information content (AvgIpc) is 2.91. The molecule has 24 heavy (non-hydrogen) atoms. The molecule has 2 aromatic carbocycles. The predicted octanol–water partition coefficient (Wildman–Crippen LogP) is 4.99. The first kappa shape index (κ1) is 17.0. The Morgan fingerprint density at radius 1 is 0.958 bits per heavy atom. The molecule has 0 aliphatic heterocycles. The first-order valence-corrected chi connectivity index (χ1v) is 9.86. The Morgan fingerprint density at radius 3 is 2.08 bits per heavy atom. The smallest absolute Gasteiger partial charge is 0.226 e. The number of aromatic nitrogens is 1. The monoisotopic (exact) mass is 378 g/mol. The Bertz CT molecular complexity index is 963. The number of rotatable bonds is 4. The van der Waals surface area contributed by atoms with E-state index in [0.29, 0.717) is 5.13 Å². The largest absolute Gasteiger partial charge is 0.331 e. The molecular formula is C17H15ClN2O2S2. The fraction of sp³-hybridized carbons (Fsp3) is 0.118. The van der Waals surface area contributed by atoms with E-state index in [1.807, 2.05) is 38.1 Å². The van der Waals surface area contributed by atoms with E-state index in [9.17, 15) is 8.42 Å². The van der Waals surface area contributed by atoms with Crippen LogP contribution in [0.3, 0.4) is 0 Å². The highest BCUT2D eigenvalue weighted by molar-refractivity contribution is 7.91. The van der Waals surface area contributed by atoms with E-state index in [-0.39, 0.29) is 14.3 Å². The van der Waals surface area contributed by atoms with Gasteiger partial charge in [0.2, 0.25) is 9.84 Å². The lowest BCUT2D eigenvalue weighted by Gasteiger charge is -2.03. The van der Waals surface area contributed by atoms with Gasteiger partial charge in [0.1, 0.15) is 4.34 Å². The topological polar surface area (TPSA) is 59.1 Å². The summed E-state index contributed by atoms with van der Waals surface area (Å²) in [6.45, 7) is 3.89. The van der Waals surface area contributed by atoms with Crippen LogP contribution in [0.1, 0.15) is 11.1 Å². The number of nitrogens with zero attached hydrogens (tertiary/aromatic N) is 1. The second kappa shape index (κ2) is 6.55. The summed E-state index contributed by atoms with van der Waals surface area (Å²) in [6.07, 6.45) is 0. The van der Waals surface area contributed by atoms with E-state index in [2.05, 4.69) is 10.3 Å². The number of aryl methyl sites for hydroxylation is 2. The van der Waals surface area contributed by atoms with E-state index >= 15 is 0 Å².